The van der Waals surface area contributed by atoms with Crippen LogP contribution in [0.15, 0.2) is 24.5 Å². The summed E-state index contributed by atoms with van der Waals surface area (Å²) in [4.78, 5) is 34.8. The van der Waals surface area contributed by atoms with Gasteiger partial charge in [-0.15, -0.1) is 0 Å². The fraction of sp³-hybridized carbons (Fsp3) is 0.438. The first kappa shape index (κ1) is 16.1. The Bertz CT molecular complexity index is 773. The predicted molar refractivity (Wildman–Crippen MR) is 85.8 cm³/mol. The molecular formula is C16H20N6O2. The van der Waals surface area contributed by atoms with Gasteiger partial charge < -0.3 is 10.6 Å². The lowest BCUT2D eigenvalue weighted by molar-refractivity contribution is -0.136. The first-order valence-electron chi connectivity index (χ1n) is 7.84. The average molecular weight is 328 g/mol. The van der Waals surface area contributed by atoms with Crippen LogP contribution < -0.4 is 5.73 Å². The van der Waals surface area contributed by atoms with Gasteiger partial charge in [-0.1, -0.05) is 0 Å². The second-order valence-corrected chi connectivity index (χ2v) is 6.21. The lowest BCUT2D eigenvalue weighted by atomic mass is 9.97. The van der Waals surface area contributed by atoms with Crippen LogP contribution in [0.1, 0.15) is 41.8 Å². The number of aromatic nitrogens is 4. The van der Waals surface area contributed by atoms with Crippen LogP contribution in [0.3, 0.4) is 0 Å². The molecule has 0 radical (unpaired) electrons. The molecule has 1 aliphatic rings. The van der Waals surface area contributed by atoms with E-state index in [1.165, 1.54) is 0 Å². The third-order valence-electron chi connectivity index (χ3n) is 4.39. The van der Waals surface area contributed by atoms with E-state index >= 15 is 0 Å². The molecule has 8 heteroatoms. The van der Waals surface area contributed by atoms with Gasteiger partial charge in [0.1, 0.15) is 12.2 Å². The second kappa shape index (κ2) is 6.03. The van der Waals surface area contributed by atoms with E-state index in [9.17, 15) is 9.59 Å². The Kier molecular flexibility index (Phi) is 4.04. The van der Waals surface area contributed by atoms with Gasteiger partial charge in [0.05, 0.1) is 5.54 Å². The molecule has 2 aromatic rings. The third-order valence-corrected chi connectivity index (χ3v) is 4.39. The fourth-order valence-corrected chi connectivity index (χ4v) is 3.15. The number of hydrogen-bond acceptors (Lipinski definition) is 5. The smallest absolute Gasteiger partial charge is 0.267 e. The molecule has 2 N–H and O–H groups in total. The van der Waals surface area contributed by atoms with E-state index in [-0.39, 0.29) is 18.1 Å². The van der Waals surface area contributed by atoms with Gasteiger partial charge in [0.25, 0.3) is 5.91 Å². The van der Waals surface area contributed by atoms with Crippen LogP contribution in [0, 0.1) is 6.92 Å². The van der Waals surface area contributed by atoms with Crippen LogP contribution in [0.5, 0.6) is 0 Å². The molecule has 2 aromatic heterocycles. The van der Waals surface area contributed by atoms with E-state index in [2.05, 4.69) is 15.1 Å². The Hall–Kier alpha value is -2.77. The number of nitrogens with two attached hydrogens (primary N) is 1. The SMILES string of the molecule is Cc1cc(C(N)=O)nc([C@]2(C)CCCN2C(=O)Cn2cccn2)n1. The molecular weight excluding hydrogens is 308 g/mol. The Morgan fingerprint density at radius 2 is 2.17 bits per heavy atom. The second-order valence-electron chi connectivity index (χ2n) is 6.21. The molecule has 1 aliphatic heterocycles. The molecule has 0 saturated carbocycles. The van der Waals surface area contributed by atoms with Crippen molar-refractivity contribution in [1.82, 2.24) is 24.6 Å². The van der Waals surface area contributed by atoms with Gasteiger partial charge in [0.15, 0.2) is 5.82 Å². The number of carbonyl (C=O) groups excluding carboxylic acids is 2. The van der Waals surface area contributed by atoms with Crippen LogP contribution in [0.4, 0.5) is 0 Å². The first-order chi connectivity index (χ1) is 11.4. The van der Waals surface area contributed by atoms with E-state index in [4.69, 9.17) is 5.73 Å². The highest BCUT2D eigenvalue weighted by molar-refractivity contribution is 5.90. The molecule has 3 rings (SSSR count). The highest BCUT2D eigenvalue weighted by Crippen LogP contribution is 2.37. The normalized spacial score (nSPS) is 20.3. The number of amides is 2. The highest BCUT2D eigenvalue weighted by Gasteiger charge is 2.43. The van der Waals surface area contributed by atoms with Gasteiger partial charge in [0.2, 0.25) is 5.91 Å². The van der Waals surface area contributed by atoms with Crippen LogP contribution >= 0.6 is 0 Å². The van der Waals surface area contributed by atoms with Crippen molar-refractivity contribution in [2.45, 2.75) is 38.8 Å². The van der Waals surface area contributed by atoms with Crippen LogP contribution in [-0.4, -0.2) is 43.0 Å². The number of likely N-dealkylation sites (tertiary alicyclic amines) is 1. The summed E-state index contributed by atoms with van der Waals surface area (Å²) in [6.07, 6.45) is 4.98. The summed E-state index contributed by atoms with van der Waals surface area (Å²) >= 11 is 0. The van der Waals surface area contributed by atoms with E-state index in [0.29, 0.717) is 18.1 Å². The maximum atomic E-state index is 12.7. The third kappa shape index (κ3) is 2.86. The highest BCUT2D eigenvalue weighted by atomic mass is 16.2. The van der Waals surface area contributed by atoms with Gasteiger partial charge in [-0.2, -0.15) is 5.10 Å². The number of aryl methyl sites for hydroxylation is 1. The molecule has 1 fully saturated rings. The zero-order chi connectivity index (χ0) is 17.3. The monoisotopic (exact) mass is 328 g/mol. The number of hydrogen-bond donors (Lipinski definition) is 1. The van der Waals surface area contributed by atoms with Crippen molar-refractivity contribution in [2.75, 3.05) is 6.54 Å². The number of rotatable bonds is 4. The minimum absolute atomic E-state index is 0.0515. The van der Waals surface area contributed by atoms with Gasteiger partial charge in [-0.05, 0) is 38.8 Å². The van der Waals surface area contributed by atoms with E-state index < -0.39 is 11.4 Å². The molecule has 1 atom stereocenters. The van der Waals surface area contributed by atoms with Crippen molar-refractivity contribution < 1.29 is 9.59 Å². The summed E-state index contributed by atoms with van der Waals surface area (Å²) in [5.74, 6) is -0.190. The Labute approximate surface area is 139 Å². The molecule has 1 saturated heterocycles. The zero-order valence-electron chi connectivity index (χ0n) is 13.8. The van der Waals surface area contributed by atoms with Gasteiger partial charge in [-0.25, -0.2) is 9.97 Å². The van der Waals surface area contributed by atoms with Crippen molar-refractivity contribution in [1.29, 1.82) is 0 Å². The minimum atomic E-state index is -0.652. The molecule has 0 aromatic carbocycles. The summed E-state index contributed by atoms with van der Waals surface area (Å²) in [7, 11) is 0. The summed E-state index contributed by atoms with van der Waals surface area (Å²) in [6, 6.07) is 3.33. The van der Waals surface area contributed by atoms with Crippen molar-refractivity contribution in [3.8, 4) is 0 Å². The van der Waals surface area contributed by atoms with Crippen molar-refractivity contribution in [3.05, 3.63) is 41.7 Å². The standard InChI is InChI=1S/C16H20N6O2/c1-11-9-12(14(17)24)20-15(19-11)16(2)5-3-8-22(16)13(23)10-21-7-4-6-18-21/h4,6-7,9H,3,5,8,10H2,1-2H3,(H2,17,24)/t16-/m0/s1. The summed E-state index contributed by atoms with van der Waals surface area (Å²) in [6.45, 7) is 4.50. The molecule has 0 bridgehead atoms. The molecule has 0 unspecified atom stereocenters. The Morgan fingerprint density at radius 1 is 1.38 bits per heavy atom. The summed E-state index contributed by atoms with van der Waals surface area (Å²) in [5.41, 5.74) is 5.53. The molecule has 126 valence electrons. The maximum absolute atomic E-state index is 12.7. The number of carbonyl (C=O) groups is 2. The van der Waals surface area contributed by atoms with Crippen molar-refractivity contribution in [3.63, 3.8) is 0 Å². The quantitative estimate of drug-likeness (QED) is 0.885. The number of primary amides is 1. The average Bonchev–Trinajstić information content (AvgIpc) is 3.16. The zero-order valence-corrected chi connectivity index (χ0v) is 13.8. The molecule has 2 amide bonds. The van der Waals surface area contributed by atoms with Gasteiger partial charge >= 0.3 is 0 Å². The van der Waals surface area contributed by atoms with Crippen LogP contribution in [0.25, 0.3) is 0 Å². The fourth-order valence-electron chi connectivity index (χ4n) is 3.15. The van der Waals surface area contributed by atoms with Gasteiger partial charge in [0, 0.05) is 24.6 Å². The summed E-state index contributed by atoms with van der Waals surface area (Å²) in [5, 5.41) is 4.08. The van der Waals surface area contributed by atoms with Gasteiger partial charge in [-0.3, -0.25) is 14.3 Å². The maximum Gasteiger partial charge on any atom is 0.267 e. The minimum Gasteiger partial charge on any atom is -0.364 e. The van der Waals surface area contributed by atoms with E-state index in [0.717, 1.165) is 12.8 Å². The van der Waals surface area contributed by atoms with Crippen LogP contribution in [-0.2, 0) is 16.9 Å². The molecule has 0 spiro atoms. The largest absolute Gasteiger partial charge is 0.364 e. The first-order valence-corrected chi connectivity index (χ1v) is 7.84. The van der Waals surface area contributed by atoms with E-state index in [1.807, 2.05) is 6.92 Å². The molecule has 8 nitrogen and oxygen atoms in total. The van der Waals surface area contributed by atoms with Crippen LogP contribution in [0.2, 0.25) is 0 Å². The lowest BCUT2D eigenvalue weighted by Gasteiger charge is -2.34. The molecule has 24 heavy (non-hydrogen) atoms. The predicted octanol–water partition coefficient (Wildman–Crippen LogP) is 0.618. The molecule has 0 aliphatic carbocycles. The van der Waals surface area contributed by atoms with Crippen molar-refractivity contribution >= 4 is 11.8 Å². The summed E-state index contributed by atoms with van der Waals surface area (Å²) < 4.78 is 1.59. The Balaban J connectivity index is 1.93. The molecule has 3 heterocycles. The van der Waals surface area contributed by atoms with Crippen molar-refractivity contribution in [2.24, 2.45) is 5.73 Å². The topological polar surface area (TPSA) is 107 Å². The van der Waals surface area contributed by atoms with E-state index in [1.54, 1.807) is 41.0 Å². The lowest BCUT2D eigenvalue weighted by Crippen LogP contribution is -2.45. The number of nitrogens with zero attached hydrogens (tertiary/aromatic N) is 5. The Morgan fingerprint density at radius 3 is 2.83 bits per heavy atom.